The van der Waals surface area contributed by atoms with Crippen LogP contribution in [-0.2, 0) is 4.79 Å². The Morgan fingerprint density at radius 1 is 1.35 bits per heavy atom. The lowest BCUT2D eigenvalue weighted by Crippen LogP contribution is -2.47. The van der Waals surface area contributed by atoms with Gasteiger partial charge in [-0.05, 0) is 37.5 Å². The number of aliphatic carboxylic acids is 1. The number of carbonyl (C=O) groups is 2. The molecule has 0 aromatic heterocycles. The molecule has 0 unspecified atom stereocenters. The summed E-state index contributed by atoms with van der Waals surface area (Å²) in [5, 5.41) is 12.3. The molecule has 0 radical (unpaired) electrons. The molecule has 0 bridgehead atoms. The average Bonchev–Trinajstić information content (AvgIpc) is 2.75. The Hall–Kier alpha value is -1.55. The van der Waals surface area contributed by atoms with E-state index < -0.39 is 11.5 Å². The largest absolute Gasteiger partial charge is 0.481 e. The number of hydrogen-bond donors (Lipinski definition) is 2. The smallest absolute Gasteiger partial charge is 0.305 e. The van der Waals surface area contributed by atoms with Crippen molar-refractivity contribution in [2.45, 2.75) is 44.6 Å². The highest BCUT2D eigenvalue weighted by atomic mass is 35.5. The first kappa shape index (κ1) is 14.9. The molecule has 4 nitrogen and oxygen atoms in total. The van der Waals surface area contributed by atoms with Crippen LogP contribution < -0.4 is 5.32 Å². The molecule has 2 rings (SSSR count). The zero-order chi connectivity index (χ0) is 14.8. The zero-order valence-corrected chi connectivity index (χ0v) is 12.2. The summed E-state index contributed by atoms with van der Waals surface area (Å²) in [5.74, 6) is -1.18. The minimum Gasteiger partial charge on any atom is -0.481 e. The van der Waals surface area contributed by atoms with Crippen LogP contribution in [0.15, 0.2) is 18.2 Å². The van der Waals surface area contributed by atoms with Gasteiger partial charge >= 0.3 is 5.97 Å². The van der Waals surface area contributed by atoms with Gasteiger partial charge in [0, 0.05) is 0 Å². The SMILES string of the molecule is Cc1ccc(C(=O)NC2(CC(=O)O)CCCC2)c(Cl)c1. The van der Waals surface area contributed by atoms with Crippen molar-refractivity contribution >= 4 is 23.5 Å². The number of halogens is 1. The van der Waals surface area contributed by atoms with Crippen LogP contribution in [0.25, 0.3) is 0 Å². The van der Waals surface area contributed by atoms with Crippen molar-refractivity contribution in [1.82, 2.24) is 5.32 Å². The van der Waals surface area contributed by atoms with E-state index >= 15 is 0 Å². The standard InChI is InChI=1S/C15H18ClNO3/c1-10-4-5-11(12(16)8-10)14(20)17-15(9-13(18)19)6-2-3-7-15/h4-5,8H,2-3,6-7,9H2,1H3,(H,17,20)(H,18,19). The lowest BCUT2D eigenvalue weighted by Gasteiger charge is -2.28. The Labute approximate surface area is 123 Å². The predicted octanol–water partition coefficient (Wildman–Crippen LogP) is 3.17. The quantitative estimate of drug-likeness (QED) is 0.896. The molecule has 0 spiro atoms. The first-order valence-electron chi connectivity index (χ1n) is 6.72. The van der Waals surface area contributed by atoms with E-state index in [1.165, 1.54) is 0 Å². The molecule has 1 aliphatic rings. The molecule has 2 N–H and O–H groups in total. The van der Waals surface area contributed by atoms with E-state index in [2.05, 4.69) is 5.32 Å². The van der Waals surface area contributed by atoms with Crippen LogP contribution >= 0.6 is 11.6 Å². The van der Waals surface area contributed by atoms with Crippen LogP contribution in [-0.4, -0.2) is 22.5 Å². The molecular weight excluding hydrogens is 278 g/mol. The number of nitrogens with one attached hydrogen (secondary N) is 1. The first-order chi connectivity index (χ1) is 9.42. The van der Waals surface area contributed by atoms with Gasteiger partial charge in [-0.2, -0.15) is 0 Å². The maximum Gasteiger partial charge on any atom is 0.305 e. The summed E-state index contributed by atoms with van der Waals surface area (Å²) in [5.41, 5.74) is 0.749. The number of benzene rings is 1. The Balaban J connectivity index is 2.18. The highest BCUT2D eigenvalue weighted by molar-refractivity contribution is 6.33. The van der Waals surface area contributed by atoms with Crippen molar-refractivity contribution in [1.29, 1.82) is 0 Å². The lowest BCUT2D eigenvalue weighted by atomic mass is 9.92. The van der Waals surface area contributed by atoms with Gasteiger partial charge in [0.15, 0.2) is 0 Å². The average molecular weight is 296 g/mol. The fourth-order valence-electron chi connectivity index (χ4n) is 2.80. The van der Waals surface area contributed by atoms with Gasteiger partial charge in [-0.3, -0.25) is 9.59 Å². The Bertz CT molecular complexity index is 536. The van der Waals surface area contributed by atoms with Crippen LogP contribution in [0.4, 0.5) is 0 Å². The van der Waals surface area contributed by atoms with Crippen molar-refractivity contribution in [3.05, 3.63) is 34.3 Å². The van der Waals surface area contributed by atoms with Crippen LogP contribution in [0, 0.1) is 6.92 Å². The van der Waals surface area contributed by atoms with Gasteiger partial charge < -0.3 is 10.4 Å². The maximum absolute atomic E-state index is 12.3. The number of carboxylic acid groups (broad SMARTS) is 1. The topological polar surface area (TPSA) is 66.4 Å². The molecule has 1 fully saturated rings. The monoisotopic (exact) mass is 295 g/mol. The number of rotatable bonds is 4. The molecule has 108 valence electrons. The Morgan fingerprint density at radius 2 is 2.00 bits per heavy atom. The fourth-order valence-corrected chi connectivity index (χ4v) is 3.12. The lowest BCUT2D eigenvalue weighted by molar-refractivity contribution is -0.138. The van der Waals surface area contributed by atoms with Crippen molar-refractivity contribution < 1.29 is 14.7 Å². The second-order valence-electron chi connectivity index (χ2n) is 5.50. The van der Waals surface area contributed by atoms with Crippen LogP contribution in [0.1, 0.15) is 48.0 Å². The normalized spacial score (nSPS) is 16.9. The summed E-state index contributed by atoms with van der Waals surface area (Å²) in [7, 11) is 0. The van der Waals surface area contributed by atoms with E-state index in [1.54, 1.807) is 12.1 Å². The minimum atomic E-state index is -0.887. The molecule has 0 saturated heterocycles. The molecule has 0 aliphatic heterocycles. The van der Waals surface area contributed by atoms with Crippen LogP contribution in [0.3, 0.4) is 0 Å². The van der Waals surface area contributed by atoms with Gasteiger partial charge in [0.2, 0.25) is 0 Å². The molecule has 1 amide bonds. The van der Waals surface area contributed by atoms with Gasteiger partial charge in [0.25, 0.3) is 5.91 Å². The van der Waals surface area contributed by atoms with Gasteiger partial charge in [-0.15, -0.1) is 0 Å². The number of aryl methyl sites for hydroxylation is 1. The van der Waals surface area contributed by atoms with Crippen molar-refractivity contribution in [3.63, 3.8) is 0 Å². The fraction of sp³-hybridized carbons (Fsp3) is 0.467. The molecule has 1 aromatic rings. The zero-order valence-electron chi connectivity index (χ0n) is 11.4. The molecule has 1 aromatic carbocycles. The molecule has 1 aliphatic carbocycles. The first-order valence-corrected chi connectivity index (χ1v) is 7.10. The summed E-state index contributed by atoms with van der Waals surface area (Å²) >= 11 is 6.08. The number of carbonyl (C=O) groups excluding carboxylic acids is 1. The second kappa shape index (κ2) is 5.83. The van der Waals surface area contributed by atoms with E-state index in [4.69, 9.17) is 16.7 Å². The van der Waals surface area contributed by atoms with E-state index in [1.807, 2.05) is 13.0 Å². The number of carboxylic acids is 1. The summed E-state index contributed by atoms with van der Waals surface area (Å²) in [6, 6.07) is 5.23. The molecule has 1 saturated carbocycles. The van der Waals surface area contributed by atoms with E-state index in [-0.39, 0.29) is 12.3 Å². The third-order valence-electron chi connectivity index (χ3n) is 3.80. The van der Waals surface area contributed by atoms with Gasteiger partial charge in [0.1, 0.15) is 0 Å². The Morgan fingerprint density at radius 3 is 2.55 bits per heavy atom. The number of amides is 1. The summed E-state index contributed by atoms with van der Waals surface area (Å²) in [6.45, 7) is 1.90. The summed E-state index contributed by atoms with van der Waals surface area (Å²) < 4.78 is 0. The van der Waals surface area contributed by atoms with Gasteiger partial charge in [0.05, 0.1) is 22.5 Å². The molecule has 0 atom stereocenters. The van der Waals surface area contributed by atoms with E-state index in [0.29, 0.717) is 23.4 Å². The summed E-state index contributed by atoms with van der Waals surface area (Å²) in [4.78, 5) is 23.3. The predicted molar refractivity (Wildman–Crippen MR) is 77.1 cm³/mol. The molecule has 0 heterocycles. The second-order valence-corrected chi connectivity index (χ2v) is 5.90. The third kappa shape index (κ3) is 3.31. The molecule has 20 heavy (non-hydrogen) atoms. The third-order valence-corrected chi connectivity index (χ3v) is 4.11. The van der Waals surface area contributed by atoms with Gasteiger partial charge in [-0.1, -0.05) is 30.5 Å². The van der Waals surface area contributed by atoms with E-state index in [0.717, 1.165) is 18.4 Å². The Kier molecular flexibility index (Phi) is 4.33. The van der Waals surface area contributed by atoms with Crippen molar-refractivity contribution in [3.8, 4) is 0 Å². The van der Waals surface area contributed by atoms with Crippen molar-refractivity contribution in [2.24, 2.45) is 0 Å². The summed E-state index contributed by atoms with van der Waals surface area (Å²) in [6.07, 6.45) is 3.25. The number of hydrogen-bond acceptors (Lipinski definition) is 2. The van der Waals surface area contributed by atoms with Crippen LogP contribution in [0.2, 0.25) is 5.02 Å². The molecule has 5 heteroatoms. The maximum atomic E-state index is 12.3. The molecular formula is C15H18ClNO3. The van der Waals surface area contributed by atoms with Crippen molar-refractivity contribution in [2.75, 3.05) is 0 Å². The van der Waals surface area contributed by atoms with Gasteiger partial charge in [-0.25, -0.2) is 0 Å². The highest BCUT2D eigenvalue weighted by Crippen LogP contribution is 2.33. The minimum absolute atomic E-state index is 0.0395. The van der Waals surface area contributed by atoms with E-state index in [9.17, 15) is 9.59 Å². The highest BCUT2D eigenvalue weighted by Gasteiger charge is 2.37. The van der Waals surface area contributed by atoms with Crippen LogP contribution in [0.5, 0.6) is 0 Å².